The van der Waals surface area contributed by atoms with Crippen molar-refractivity contribution >= 4 is 23.6 Å². The smallest absolute Gasteiger partial charge is 0.272 e. The number of aromatic nitrogens is 1. The lowest BCUT2D eigenvalue weighted by Crippen LogP contribution is -2.29. The molecular weight excluding hydrogens is 566 g/mol. The van der Waals surface area contributed by atoms with E-state index in [1.54, 1.807) is 41.0 Å². The Morgan fingerprint density at radius 2 is 1.52 bits per heavy atom. The first-order valence-electron chi connectivity index (χ1n) is 14.4. The molecule has 4 rings (SSSR count). The molecule has 0 unspecified atom stereocenters. The Bertz CT molecular complexity index is 1640. The molecule has 0 spiro atoms. The number of hydrogen-bond donors (Lipinski definition) is 3. The van der Waals surface area contributed by atoms with Gasteiger partial charge in [0, 0.05) is 47.4 Å². The monoisotopic (exact) mass is 601 g/mol. The first kappa shape index (κ1) is 32.3. The molecule has 0 bridgehead atoms. The van der Waals surface area contributed by atoms with E-state index < -0.39 is 42.1 Å². The van der Waals surface area contributed by atoms with Crippen molar-refractivity contribution in [3.05, 3.63) is 107 Å². The fourth-order valence-corrected chi connectivity index (χ4v) is 5.23. The molecule has 0 aliphatic carbocycles. The zero-order valence-electron chi connectivity index (χ0n) is 24.8. The molecule has 230 valence electrons. The predicted molar refractivity (Wildman–Crippen MR) is 165 cm³/mol. The molecule has 7 nitrogen and oxygen atoms in total. The summed E-state index contributed by atoms with van der Waals surface area (Å²) < 4.78 is 29.9. The molecular formula is C35H35F2N2O5-. The third-order valence-electron chi connectivity index (χ3n) is 7.23. The number of carboxylic acid groups (broad SMARTS) is 1. The quantitative estimate of drug-likeness (QED) is 0.191. The second-order valence-corrected chi connectivity index (χ2v) is 10.9. The maximum absolute atomic E-state index is 14.2. The number of rotatable bonds is 12. The molecule has 0 saturated heterocycles. The van der Waals surface area contributed by atoms with Crippen LogP contribution in [0, 0.1) is 11.6 Å². The normalized spacial score (nSPS) is 12.9. The number of carbonyl (C=O) groups excluding carboxylic acids is 2. The van der Waals surface area contributed by atoms with Crippen LogP contribution in [0.3, 0.4) is 0 Å². The van der Waals surface area contributed by atoms with Crippen molar-refractivity contribution in [1.29, 1.82) is 0 Å². The van der Waals surface area contributed by atoms with E-state index in [9.17, 15) is 33.7 Å². The molecule has 2 atom stereocenters. The lowest BCUT2D eigenvalue weighted by molar-refractivity contribution is -0.307. The molecule has 4 aromatic rings. The minimum Gasteiger partial charge on any atom is -0.550 e. The minimum atomic E-state index is -1.44. The largest absolute Gasteiger partial charge is 0.550 e. The third-order valence-corrected chi connectivity index (χ3v) is 7.23. The number of aliphatic carboxylic acids is 1. The Balaban J connectivity index is 1.97. The number of hydrogen-bond acceptors (Lipinski definition) is 5. The highest BCUT2D eigenvalue weighted by Crippen LogP contribution is 2.43. The summed E-state index contributed by atoms with van der Waals surface area (Å²) in [6.07, 6.45) is 0.317. The van der Waals surface area contributed by atoms with Crippen LogP contribution in [0.25, 0.3) is 28.3 Å². The number of nitrogens with one attached hydrogen (secondary N) is 1. The Morgan fingerprint density at radius 3 is 2.07 bits per heavy atom. The molecule has 3 N–H and O–H groups in total. The van der Waals surface area contributed by atoms with Crippen molar-refractivity contribution in [2.75, 3.05) is 5.32 Å². The highest BCUT2D eigenvalue weighted by molar-refractivity contribution is 6.12. The van der Waals surface area contributed by atoms with Crippen LogP contribution in [-0.2, 0) is 11.2 Å². The average molecular weight is 602 g/mol. The van der Waals surface area contributed by atoms with E-state index in [4.69, 9.17) is 0 Å². The van der Waals surface area contributed by atoms with Gasteiger partial charge in [-0.2, -0.15) is 0 Å². The van der Waals surface area contributed by atoms with Gasteiger partial charge in [-0.05, 0) is 79.4 Å². The lowest BCUT2D eigenvalue weighted by atomic mass is 9.94. The summed E-state index contributed by atoms with van der Waals surface area (Å²) in [6.45, 7) is 5.78. The van der Waals surface area contributed by atoms with Crippen LogP contribution < -0.4 is 10.4 Å². The van der Waals surface area contributed by atoms with Gasteiger partial charge in [-0.15, -0.1) is 0 Å². The van der Waals surface area contributed by atoms with E-state index in [0.717, 1.165) is 12.0 Å². The highest BCUT2D eigenvalue weighted by Gasteiger charge is 2.29. The minimum absolute atomic E-state index is 0.259. The molecule has 1 aromatic heterocycles. The molecule has 0 saturated carbocycles. The van der Waals surface area contributed by atoms with Crippen LogP contribution >= 0.6 is 0 Å². The van der Waals surface area contributed by atoms with Gasteiger partial charge in [0.2, 0.25) is 0 Å². The second-order valence-electron chi connectivity index (χ2n) is 10.9. The number of halogens is 2. The summed E-state index contributed by atoms with van der Waals surface area (Å²) in [7, 11) is 0. The summed E-state index contributed by atoms with van der Waals surface area (Å²) in [5.41, 5.74) is 4.50. The van der Waals surface area contributed by atoms with Crippen LogP contribution in [0.5, 0.6) is 0 Å². The zero-order chi connectivity index (χ0) is 32.0. The lowest BCUT2D eigenvalue weighted by Gasteiger charge is -2.18. The summed E-state index contributed by atoms with van der Waals surface area (Å²) in [4.78, 5) is 25.1. The number of anilines is 1. The van der Waals surface area contributed by atoms with E-state index >= 15 is 0 Å². The summed E-state index contributed by atoms with van der Waals surface area (Å²) in [5, 5.41) is 34.6. The van der Waals surface area contributed by atoms with Crippen LogP contribution in [0.2, 0.25) is 0 Å². The first-order chi connectivity index (χ1) is 21.0. The Kier molecular flexibility index (Phi) is 10.5. The number of nitrogens with zero attached hydrogens (tertiary/aromatic N) is 1. The average Bonchev–Trinajstić information content (AvgIpc) is 3.32. The number of aliphatic hydroxyl groups excluding tert-OH is 2. The Labute approximate surface area is 255 Å². The zero-order valence-corrected chi connectivity index (χ0v) is 24.8. The summed E-state index contributed by atoms with van der Waals surface area (Å²) in [5.74, 6) is -2.78. The third kappa shape index (κ3) is 7.67. The highest BCUT2D eigenvalue weighted by atomic mass is 19.1. The molecule has 3 aromatic carbocycles. The Morgan fingerprint density at radius 1 is 0.932 bits per heavy atom. The molecule has 0 fully saturated rings. The van der Waals surface area contributed by atoms with E-state index in [1.807, 2.05) is 39.0 Å². The Hall–Kier alpha value is -4.60. The number of benzene rings is 3. The van der Waals surface area contributed by atoms with Crippen molar-refractivity contribution in [1.82, 2.24) is 4.57 Å². The maximum Gasteiger partial charge on any atom is 0.272 e. The van der Waals surface area contributed by atoms with Gasteiger partial charge in [0.15, 0.2) is 0 Å². The second kappa shape index (κ2) is 14.2. The topological polar surface area (TPSA) is 115 Å². The van der Waals surface area contributed by atoms with E-state index in [0.29, 0.717) is 33.6 Å². The van der Waals surface area contributed by atoms with Crippen LogP contribution in [0.1, 0.15) is 61.4 Å². The number of aliphatic hydroxyl groups is 2. The van der Waals surface area contributed by atoms with Crippen LogP contribution in [-0.4, -0.2) is 38.9 Å². The number of carboxylic acids is 1. The van der Waals surface area contributed by atoms with Gasteiger partial charge < -0.3 is 30.0 Å². The van der Waals surface area contributed by atoms with E-state index in [2.05, 4.69) is 5.32 Å². The van der Waals surface area contributed by atoms with Gasteiger partial charge in [0.05, 0.1) is 12.2 Å². The molecule has 0 aliphatic rings. The van der Waals surface area contributed by atoms with Crippen LogP contribution in [0.4, 0.5) is 14.5 Å². The van der Waals surface area contributed by atoms with Crippen molar-refractivity contribution in [3.63, 3.8) is 0 Å². The standard InChI is InChI=1S/C35H36F2N2O5/c1-4-22-6-5-7-27(18-22)38-35(44)34-33(24-10-14-26(37)15-11-24)32(23-8-12-25(36)13-9-23)30(39(34)21(2)3)17-16-28(40)19-29(41)20-31(42)43/h5-18,21,28-29,40-41H,4,19-20H2,1-3H3,(H,38,44)(H,42,43)/p-1/b17-16+/t28-,29-/m1/s1. The predicted octanol–water partition coefficient (Wildman–Crippen LogP) is 5.76. The number of aryl methyl sites for hydroxylation is 1. The van der Waals surface area contributed by atoms with Gasteiger partial charge in [-0.25, -0.2) is 8.78 Å². The SMILES string of the molecule is CCc1cccc(NC(=O)c2c(-c3ccc(F)cc3)c(-c3ccc(F)cc3)c(/C=C/[C@@H](O)C[C@@H](O)CC(=O)[O-])n2C(C)C)c1. The maximum atomic E-state index is 14.2. The van der Waals surface area contributed by atoms with Gasteiger partial charge in [0.1, 0.15) is 17.3 Å². The van der Waals surface area contributed by atoms with Crippen molar-refractivity contribution in [2.24, 2.45) is 0 Å². The van der Waals surface area contributed by atoms with Gasteiger partial charge in [-0.1, -0.05) is 49.4 Å². The van der Waals surface area contributed by atoms with Crippen molar-refractivity contribution in [3.8, 4) is 22.3 Å². The molecule has 0 radical (unpaired) electrons. The van der Waals surface area contributed by atoms with E-state index in [1.165, 1.54) is 30.3 Å². The molecule has 44 heavy (non-hydrogen) atoms. The number of amides is 1. The molecule has 1 amide bonds. The fraction of sp³-hybridized carbons (Fsp3) is 0.257. The molecule has 9 heteroatoms. The van der Waals surface area contributed by atoms with Crippen LogP contribution in [0.15, 0.2) is 78.9 Å². The summed E-state index contributed by atoms with van der Waals surface area (Å²) in [6, 6.07) is 18.6. The fourth-order valence-electron chi connectivity index (χ4n) is 5.23. The molecule has 1 heterocycles. The van der Waals surface area contributed by atoms with Gasteiger partial charge in [0.25, 0.3) is 5.91 Å². The van der Waals surface area contributed by atoms with Crippen molar-refractivity contribution < 1.29 is 33.7 Å². The van der Waals surface area contributed by atoms with Gasteiger partial charge in [-0.3, -0.25) is 4.79 Å². The first-order valence-corrected chi connectivity index (χ1v) is 14.4. The number of carbonyl (C=O) groups is 2. The van der Waals surface area contributed by atoms with Crippen molar-refractivity contribution in [2.45, 2.75) is 58.3 Å². The summed E-state index contributed by atoms with van der Waals surface area (Å²) >= 11 is 0. The van der Waals surface area contributed by atoms with Gasteiger partial charge >= 0.3 is 0 Å². The van der Waals surface area contributed by atoms with E-state index in [-0.39, 0.29) is 18.2 Å². The molecule has 0 aliphatic heterocycles.